The smallest absolute Gasteiger partial charge is 0.229 e. The third-order valence-electron chi connectivity index (χ3n) is 5.40. The van der Waals surface area contributed by atoms with E-state index in [4.69, 9.17) is 4.74 Å². The molecule has 5 rings (SSSR count). The molecular formula is C25H22FN5O. The lowest BCUT2D eigenvalue weighted by atomic mass is 10.1. The number of hydrogen-bond donors (Lipinski definition) is 1. The zero-order valence-electron chi connectivity index (χ0n) is 17.8. The van der Waals surface area contributed by atoms with Crippen molar-refractivity contribution in [1.29, 1.82) is 0 Å². The van der Waals surface area contributed by atoms with Gasteiger partial charge in [0.2, 0.25) is 5.95 Å². The van der Waals surface area contributed by atoms with Crippen molar-refractivity contribution in [1.82, 2.24) is 15.0 Å². The van der Waals surface area contributed by atoms with Crippen molar-refractivity contribution in [3.8, 4) is 16.9 Å². The van der Waals surface area contributed by atoms with E-state index >= 15 is 0 Å². The number of para-hydroxylation sites is 1. The van der Waals surface area contributed by atoms with Gasteiger partial charge in [0.25, 0.3) is 0 Å². The molecule has 0 radical (unpaired) electrons. The number of nitrogens with zero attached hydrogens (tertiary/aromatic N) is 4. The van der Waals surface area contributed by atoms with Gasteiger partial charge in [0.15, 0.2) is 11.6 Å². The number of aromatic nitrogens is 3. The Bertz CT molecular complexity index is 1290. The molecule has 1 aliphatic rings. The van der Waals surface area contributed by atoms with Gasteiger partial charge in [-0.3, -0.25) is 4.98 Å². The van der Waals surface area contributed by atoms with Crippen LogP contribution in [-0.4, -0.2) is 28.1 Å². The molecule has 2 aromatic heterocycles. The number of nitrogens with one attached hydrogen (secondary N) is 1. The molecule has 3 heterocycles. The minimum Gasteiger partial charge on any atom is -0.486 e. The Hall–Kier alpha value is -4.00. The van der Waals surface area contributed by atoms with Crippen LogP contribution in [0, 0.1) is 19.7 Å². The molecule has 1 N–H and O–H groups in total. The Morgan fingerprint density at radius 1 is 1.03 bits per heavy atom. The highest BCUT2D eigenvalue weighted by Crippen LogP contribution is 2.36. The van der Waals surface area contributed by atoms with Crippen molar-refractivity contribution in [3.63, 3.8) is 0 Å². The fourth-order valence-corrected chi connectivity index (χ4v) is 3.84. The Morgan fingerprint density at radius 2 is 1.91 bits per heavy atom. The number of hydrogen-bond acceptors (Lipinski definition) is 6. The summed E-state index contributed by atoms with van der Waals surface area (Å²) >= 11 is 0. The predicted molar refractivity (Wildman–Crippen MR) is 123 cm³/mol. The van der Waals surface area contributed by atoms with Gasteiger partial charge in [-0.25, -0.2) is 9.37 Å². The Kier molecular flexibility index (Phi) is 5.15. The second-order valence-electron chi connectivity index (χ2n) is 7.67. The van der Waals surface area contributed by atoms with Crippen LogP contribution in [0.25, 0.3) is 11.1 Å². The van der Waals surface area contributed by atoms with Crippen molar-refractivity contribution in [2.75, 3.05) is 23.4 Å². The third-order valence-corrected chi connectivity index (χ3v) is 5.40. The minimum atomic E-state index is -0.330. The molecule has 1 aliphatic heterocycles. The van der Waals surface area contributed by atoms with Crippen LogP contribution in [0.5, 0.6) is 5.75 Å². The number of pyridine rings is 1. The lowest BCUT2D eigenvalue weighted by molar-refractivity contribution is 0.310. The van der Waals surface area contributed by atoms with Gasteiger partial charge >= 0.3 is 0 Å². The zero-order valence-corrected chi connectivity index (χ0v) is 17.8. The molecule has 7 heteroatoms. The van der Waals surface area contributed by atoms with Crippen LogP contribution < -0.4 is 15.0 Å². The first-order valence-electron chi connectivity index (χ1n) is 10.4. The fourth-order valence-electron chi connectivity index (χ4n) is 3.84. The minimum absolute atomic E-state index is 0.330. The average Bonchev–Trinajstić information content (AvgIpc) is 2.79. The molecule has 0 unspecified atom stereocenters. The average molecular weight is 427 g/mol. The second kappa shape index (κ2) is 8.26. The second-order valence-corrected chi connectivity index (χ2v) is 7.67. The molecule has 4 aromatic rings. The van der Waals surface area contributed by atoms with E-state index in [2.05, 4.69) is 44.2 Å². The summed E-state index contributed by atoms with van der Waals surface area (Å²) in [6.07, 6.45) is 3.33. The van der Waals surface area contributed by atoms with Crippen molar-refractivity contribution in [3.05, 3.63) is 84.1 Å². The van der Waals surface area contributed by atoms with Crippen molar-refractivity contribution in [2.45, 2.75) is 13.8 Å². The van der Waals surface area contributed by atoms with E-state index in [9.17, 15) is 4.39 Å². The van der Waals surface area contributed by atoms with E-state index in [1.54, 1.807) is 24.5 Å². The Balaban J connectivity index is 1.44. The van der Waals surface area contributed by atoms with Gasteiger partial charge in [0.05, 0.1) is 12.7 Å². The lowest BCUT2D eigenvalue weighted by Crippen LogP contribution is -2.30. The van der Waals surface area contributed by atoms with Crippen LogP contribution >= 0.6 is 0 Å². The van der Waals surface area contributed by atoms with Crippen LogP contribution in [0.1, 0.15) is 11.3 Å². The maximum atomic E-state index is 14.8. The molecule has 0 atom stereocenters. The fraction of sp³-hybridized carbons (Fsp3) is 0.160. The number of ether oxygens (including phenoxy) is 1. The largest absolute Gasteiger partial charge is 0.486 e. The molecule has 6 nitrogen and oxygen atoms in total. The Morgan fingerprint density at radius 3 is 2.72 bits per heavy atom. The summed E-state index contributed by atoms with van der Waals surface area (Å²) in [6.45, 7) is 5.19. The zero-order chi connectivity index (χ0) is 22.1. The molecule has 0 amide bonds. The highest BCUT2D eigenvalue weighted by molar-refractivity contribution is 5.71. The maximum absolute atomic E-state index is 14.8. The first kappa shape index (κ1) is 19.9. The third kappa shape index (κ3) is 3.85. The van der Waals surface area contributed by atoms with Crippen molar-refractivity contribution in [2.24, 2.45) is 0 Å². The van der Waals surface area contributed by atoms with Crippen LogP contribution in [0.2, 0.25) is 0 Å². The topological polar surface area (TPSA) is 63.2 Å². The molecule has 0 aliphatic carbocycles. The van der Waals surface area contributed by atoms with Crippen LogP contribution in [0.3, 0.4) is 0 Å². The molecule has 2 aromatic carbocycles. The molecule has 0 bridgehead atoms. The van der Waals surface area contributed by atoms with E-state index in [-0.39, 0.29) is 5.82 Å². The van der Waals surface area contributed by atoms with E-state index in [0.717, 1.165) is 22.5 Å². The predicted octanol–water partition coefficient (Wildman–Crippen LogP) is 5.57. The monoisotopic (exact) mass is 427 g/mol. The standard InChI is InChI=1S/C25H22FN5O/c1-16-5-3-4-6-22(16)31-11-12-32-23-15-28-25(30-24(23)31)29-19-7-8-20(21(26)14-19)18-9-10-27-17(2)13-18/h3-10,13-15H,11-12H2,1-2H3,(H,28,29,30). The summed E-state index contributed by atoms with van der Waals surface area (Å²) in [5.41, 5.74) is 4.94. The highest BCUT2D eigenvalue weighted by Gasteiger charge is 2.23. The maximum Gasteiger partial charge on any atom is 0.229 e. The summed E-state index contributed by atoms with van der Waals surface area (Å²) < 4.78 is 20.6. The molecular weight excluding hydrogens is 405 g/mol. The number of aryl methyl sites for hydroxylation is 2. The quantitative estimate of drug-likeness (QED) is 0.459. The normalized spacial score (nSPS) is 12.8. The summed E-state index contributed by atoms with van der Waals surface area (Å²) in [5, 5.41) is 3.11. The van der Waals surface area contributed by atoms with Gasteiger partial charge in [-0.1, -0.05) is 18.2 Å². The molecule has 32 heavy (non-hydrogen) atoms. The van der Waals surface area contributed by atoms with Gasteiger partial charge < -0.3 is 15.0 Å². The summed E-state index contributed by atoms with van der Waals surface area (Å²) in [7, 11) is 0. The van der Waals surface area contributed by atoms with Crippen LogP contribution in [-0.2, 0) is 0 Å². The molecule has 160 valence electrons. The number of rotatable bonds is 4. The first-order valence-corrected chi connectivity index (χ1v) is 10.4. The number of benzene rings is 2. The highest BCUT2D eigenvalue weighted by atomic mass is 19.1. The lowest BCUT2D eigenvalue weighted by Gasteiger charge is -2.31. The van der Waals surface area contributed by atoms with Crippen LogP contribution in [0.15, 0.2) is 67.0 Å². The van der Waals surface area contributed by atoms with Crippen molar-refractivity contribution < 1.29 is 9.13 Å². The number of anilines is 4. The van der Waals surface area contributed by atoms with Gasteiger partial charge in [0.1, 0.15) is 12.4 Å². The van der Waals surface area contributed by atoms with E-state index in [1.807, 2.05) is 31.2 Å². The van der Waals surface area contributed by atoms with E-state index in [1.165, 1.54) is 6.07 Å². The molecule has 0 saturated heterocycles. The molecule has 0 fully saturated rings. The molecule has 0 saturated carbocycles. The SMILES string of the molecule is Cc1cc(-c2ccc(Nc3ncc4c(n3)N(c3ccccc3C)CCO4)cc2F)ccn1. The summed E-state index contributed by atoms with van der Waals surface area (Å²) in [4.78, 5) is 15.3. The van der Waals surface area contributed by atoms with Crippen molar-refractivity contribution >= 4 is 23.1 Å². The van der Waals surface area contributed by atoms with Gasteiger partial charge in [-0.2, -0.15) is 4.98 Å². The summed E-state index contributed by atoms with van der Waals surface area (Å²) in [6, 6.07) is 16.8. The van der Waals surface area contributed by atoms with Crippen LogP contribution in [0.4, 0.5) is 27.5 Å². The Labute approximate surface area is 185 Å². The van der Waals surface area contributed by atoms with Gasteiger partial charge in [0, 0.05) is 28.8 Å². The number of halogens is 1. The van der Waals surface area contributed by atoms with E-state index in [0.29, 0.717) is 41.9 Å². The summed E-state index contributed by atoms with van der Waals surface area (Å²) in [5.74, 6) is 1.36. The van der Waals surface area contributed by atoms with Gasteiger partial charge in [-0.05, 0) is 61.4 Å². The first-order chi connectivity index (χ1) is 15.6. The number of fused-ring (bicyclic) bond motifs is 1. The molecule has 0 spiro atoms. The van der Waals surface area contributed by atoms with E-state index < -0.39 is 0 Å². The van der Waals surface area contributed by atoms with Gasteiger partial charge in [-0.15, -0.1) is 0 Å².